The monoisotopic (exact) mass is 422 g/mol. The van der Waals surface area contributed by atoms with E-state index < -0.39 is 18.2 Å². The number of aliphatic imine (C=N–C) groups is 1. The number of urea groups is 1. The lowest BCUT2D eigenvalue weighted by atomic mass is 10.1. The molecule has 2 N–H and O–H groups in total. The number of β-amino-alcohol motifs (C(OH)–C–C–N with tert-alkyl or cyclic N) is 1. The van der Waals surface area contributed by atoms with Gasteiger partial charge in [-0.15, -0.1) is 0 Å². The molecular weight excluding hydrogens is 398 g/mol. The van der Waals surface area contributed by atoms with E-state index in [2.05, 4.69) is 10.3 Å². The maximum Gasteiger partial charge on any atom is 0.390 e. The van der Waals surface area contributed by atoms with Crippen LogP contribution in [0.2, 0.25) is 5.02 Å². The molecule has 3 rings (SSSR count). The second-order valence-corrected chi connectivity index (χ2v) is 7.32. The van der Waals surface area contributed by atoms with E-state index in [0.29, 0.717) is 29.1 Å². The van der Waals surface area contributed by atoms with E-state index in [1.807, 2.05) is 6.92 Å². The van der Waals surface area contributed by atoms with E-state index in [-0.39, 0.29) is 19.1 Å². The first-order valence-electron chi connectivity index (χ1n) is 9.41. The minimum atomic E-state index is -0.916. The molecule has 0 bridgehead atoms. The van der Waals surface area contributed by atoms with Crippen molar-refractivity contribution in [3.05, 3.63) is 29.3 Å². The maximum atomic E-state index is 12.8. The van der Waals surface area contributed by atoms with E-state index in [4.69, 9.17) is 16.3 Å². The van der Waals surface area contributed by atoms with Crippen molar-refractivity contribution in [2.75, 3.05) is 33.8 Å². The van der Waals surface area contributed by atoms with Gasteiger partial charge in [-0.05, 0) is 18.6 Å². The number of guanidine groups is 1. The van der Waals surface area contributed by atoms with E-state index in [1.165, 1.54) is 11.9 Å². The van der Waals surface area contributed by atoms with Crippen LogP contribution >= 0.6 is 11.6 Å². The minimum absolute atomic E-state index is 0.0118. The quantitative estimate of drug-likeness (QED) is 0.632. The molecule has 0 radical (unpaired) electrons. The molecule has 0 spiro atoms. The molecule has 1 aromatic carbocycles. The molecule has 2 atom stereocenters. The van der Waals surface area contributed by atoms with E-state index in [9.17, 15) is 14.7 Å². The van der Waals surface area contributed by atoms with Crippen molar-refractivity contribution in [1.29, 1.82) is 0 Å². The molecule has 2 aliphatic rings. The Balaban J connectivity index is 1.78. The molecule has 2 unspecified atom stereocenters. The molecule has 1 fully saturated rings. The zero-order chi connectivity index (χ0) is 21.1. The van der Waals surface area contributed by atoms with Gasteiger partial charge in [0.2, 0.25) is 11.9 Å². The molecular formula is C19H25ClN5O4+. The number of amidine groups is 1. The predicted molar refractivity (Wildman–Crippen MR) is 109 cm³/mol. The molecule has 0 aromatic heterocycles. The van der Waals surface area contributed by atoms with Crippen molar-refractivity contribution in [2.45, 2.75) is 25.5 Å². The molecule has 29 heavy (non-hydrogen) atoms. The topological polar surface area (TPSA) is 97.5 Å². The van der Waals surface area contributed by atoms with Crippen molar-refractivity contribution < 1.29 is 24.0 Å². The van der Waals surface area contributed by atoms with Gasteiger partial charge in [0.25, 0.3) is 5.91 Å². The summed E-state index contributed by atoms with van der Waals surface area (Å²) in [5, 5.41) is 14.2. The summed E-state index contributed by atoms with van der Waals surface area (Å²) in [6, 6.07) is 5.78. The largest absolute Gasteiger partial charge is 0.489 e. The first-order chi connectivity index (χ1) is 13.8. The maximum absolute atomic E-state index is 12.8. The fourth-order valence-electron chi connectivity index (χ4n) is 3.20. The Kier molecular flexibility index (Phi) is 6.39. The standard InChI is InChI=1S/C19H24ClN5O4/c1-4-9-21-18-22-16-15(17(27)24(3)19(28)23(16)2)25(18)10-12(26)11-29-14-8-6-5-7-13(14)20/h5-8,12,15,26H,4,9-11H2,1-3H3/p+1. The molecule has 0 saturated carbocycles. The number of para-hydroxylation sites is 1. The number of halogens is 1. The number of likely N-dealkylation sites (N-methyl/N-ethyl adjacent to an activating group) is 2. The first-order valence-corrected chi connectivity index (χ1v) is 9.79. The molecule has 3 amide bonds. The van der Waals surface area contributed by atoms with Crippen molar-refractivity contribution in [3.8, 4) is 5.75 Å². The van der Waals surface area contributed by atoms with Gasteiger partial charge in [0, 0.05) is 14.1 Å². The fourth-order valence-corrected chi connectivity index (χ4v) is 3.39. The summed E-state index contributed by atoms with van der Waals surface area (Å²) < 4.78 is 7.29. The number of fused-ring (bicyclic) bond motifs is 1. The molecule has 2 heterocycles. The van der Waals surface area contributed by atoms with Gasteiger partial charge in [-0.25, -0.2) is 9.37 Å². The van der Waals surface area contributed by atoms with Crippen molar-refractivity contribution in [1.82, 2.24) is 15.1 Å². The summed E-state index contributed by atoms with van der Waals surface area (Å²) in [4.78, 5) is 31.9. The van der Waals surface area contributed by atoms with Gasteiger partial charge in [0.15, 0.2) is 0 Å². The van der Waals surface area contributed by atoms with Crippen LogP contribution in [-0.4, -0.2) is 89.2 Å². The van der Waals surface area contributed by atoms with E-state index >= 15 is 0 Å². The zero-order valence-corrected chi connectivity index (χ0v) is 17.4. The number of benzene rings is 1. The average Bonchev–Trinajstić information content (AvgIpc) is 3.06. The number of nitrogens with zero attached hydrogens (tertiary/aromatic N) is 4. The second kappa shape index (κ2) is 8.79. The van der Waals surface area contributed by atoms with Crippen LogP contribution in [0.4, 0.5) is 4.79 Å². The highest BCUT2D eigenvalue weighted by atomic mass is 35.5. The zero-order valence-electron chi connectivity index (χ0n) is 16.6. The van der Waals surface area contributed by atoms with Gasteiger partial charge in [-0.1, -0.05) is 35.6 Å². The fraction of sp³-hybridized carbons (Fsp3) is 0.474. The van der Waals surface area contributed by atoms with Crippen molar-refractivity contribution in [3.63, 3.8) is 0 Å². The number of imide groups is 1. The number of carbonyl (C=O) groups is 2. The SMILES string of the molecule is CCCNC1=[N+](CC(O)COc2ccccc2Cl)C2C(=O)N(C)C(=O)N(C)C2=N1. The van der Waals surface area contributed by atoms with Crippen LogP contribution in [0.15, 0.2) is 29.3 Å². The van der Waals surface area contributed by atoms with Crippen LogP contribution in [0.1, 0.15) is 13.3 Å². The molecule has 9 nitrogen and oxygen atoms in total. The third-order valence-electron chi connectivity index (χ3n) is 4.74. The summed E-state index contributed by atoms with van der Waals surface area (Å²) in [6.45, 7) is 2.73. The Morgan fingerprint density at radius 2 is 2.03 bits per heavy atom. The third kappa shape index (κ3) is 4.20. The van der Waals surface area contributed by atoms with Gasteiger partial charge in [0.1, 0.15) is 18.5 Å². The van der Waals surface area contributed by atoms with Crippen molar-refractivity contribution >= 4 is 35.3 Å². The number of rotatable bonds is 7. The average molecular weight is 423 g/mol. The Bertz CT molecular complexity index is 872. The Labute approximate surface area is 174 Å². The third-order valence-corrected chi connectivity index (χ3v) is 5.05. The van der Waals surface area contributed by atoms with E-state index in [1.54, 1.807) is 35.9 Å². The number of hydrogen-bond donors (Lipinski definition) is 2. The lowest BCUT2D eigenvalue weighted by Crippen LogP contribution is -2.62. The minimum Gasteiger partial charge on any atom is -0.489 e. The van der Waals surface area contributed by atoms with Gasteiger partial charge in [-0.2, -0.15) is 0 Å². The van der Waals surface area contributed by atoms with E-state index in [0.717, 1.165) is 11.3 Å². The van der Waals surface area contributed by atoms with Crippen LogP contribution in [0, 0.1) is 0 Å². The van der Waals surface area contributed by atoms with Gasteiger partial charge in [-0.3, -0.25) is 19.9 Å². The van der Waals surface area contributed by atoms with Crippen LogP contribution < -0.4 is 10.1 Å². The lowest BCUT2D eigenvalue weighted by molar-refractivity contribution is -0.545. The second-order valence-electron chi connectivity index (χ2n) is 6.91. The highest BCUT2D eigenvalue weighted by Crippen LogP contribution is 2.23. The van der Waals surface area contributed by atoms with Crippen LogP contribution in [-0.2, 0) is 4.79 Å². The Morgan fingerprint density at radius 3 is 2.72 bits per heavy atom. The number of nitrogens with one attached hydrogen (secondary N) is 1. The predicted octanol–water partition coefficient (Wildman–Crippen LogP) is 0.752. The number of aliphatic hydroxyl groups excluding tert-OH is 1. The Hall–Kier alpha value is -2.65. The summed E-state index contributed by atoms with van der Waals surface area (Å²) in [5.41, 5.74) is 0. The van der Waals surface area contributed by atoms with Gasteiger partial charge >= 0.3 is 12.0 Å². The normalized spacial score (nSPS) is 20.0. The highest BCUT2D eigenvalue weighted by molar-refractivity contribution is 6.32. The smallest absolute Gasteiger partial charge is 0.390 e. The van der Waals surface area contributed by atoms with Crippen molar-refractivity contribution in [2.24, 2.45) is 4.99 Å². The number of aliphatic hydroxyl groups is 1. The summed E-state index contributed by atoms with van der Waals surface area (Å²) >= 11 is 6.08. The van der Waals surface area contributed by atoms with Crippen LogP contribution in [0.25, 0.3) is 0 Å². The number of amides is 3. The lowest BCUT2D eigenvalue weighted by Gasteiger charge is -2.32. The van der Waals surface area contributed by atoms with Crippen LogP contribution in [0.3, 0.4) is 0 Å². The highest BCUT2D eigenvalue weighted by Gasteiger charge is 2.51. The number of carbonyl (C=O) groups excluding carboxylic acids is 2. The summed E-state index contributed by atoms with van der Waals surface area (Å²) in [6.07, 6.45) is -0.0616. The van der Waals surface area contributed by atoms with Crippen LogP contribution in [0.5, 0.6) is 5.75 Å². The number of ether oxygens (including phenoxy) is 1. The summed E-state index contributed by atoms with van der Waals surface area (Å²) in [5.74, 6) is 0.876. The summed E-state index contributed by atoms with van der Waals surface area (Å²) in [7, 11) is 3.01. The van der Waals surface area contributed by atoms with Gasteiger partial charge in [0.05, 0.1) is 18.1 Å². The number of hydrogen-bond acceptors (Lipinski definition) is 6. The molecule has 10 heteroatoms. The molecule has 2 aliphatic heterocycles. The molecule has 1 aromatic rings. The first kappa shape index (κ1) is 21.1. The Morgan fingerprint density at radius 1 is 1.31 bits per heavy atom. The molecule has 0 aliphatic carbocycles. The molecule has 1 saturated heterocycles. The van der Waals surface area contributed by atoms with Gasteiger partial charge < -0.3 is 9.84 Å². The molecule has 156 valence electrons.